The minimum Gasteiger partial charge on any atom is -0.466 e. The van der Waals surface area contributed by atoms with Crippen LogP contribution in [0.25, 0.3) is 0 Å². The number of amides is 3. The summed E-state index contributed by atoms with van der Waals surface area (Å²) in [6.07, 6.45) is 0. The second kappa shape index (κ2) is 5.49. The summed E-state index contributed by atoms with van der Waals surface area (Å²) in [5, 5.41) is 4.96. The van der Waals surface area contributed by atoms with Crippen LogP contribution in [0.1, 0.15) is 30.0 Å². The summed E-state index contributed by atoms with van der Waals surface area (Å²) >= 11 is 0. The molecule has 17 heavy (non-hydrogen) atoms. The van der Waals surface area contributed by atoms with Gasteiger partial charge in [-0.3, -0.25) is 10.1 Å². The van der Waals surface area contributed by atoms with E-state index >= 15 is 0 Å². The predicted octanol–water partition coefficient (Wildman–Crippen LogP) is 0.742. The van der Waals surface area contributed by atoms with Gasteiger partial charge in [0.05, 0.1) is 6.54 Å². The van der Waals surface area contributed by atoms with Crippen LogP contribution < -0.4 is 16.4 Å². The second-order valence-corrected chi connectivity index (χ2v) is 3.88. The molecule has 0 saturated carbocycles. The van der Waals surface area contributed by atoms with Crippen molar-refractivity contribution in [3.8, 4) is 0 Å². The molecule has 3 amide bonds. The topological polar surface area (TPSA) is 97.4 Å². The minimum atomic E-state index is -0.847. The zero-order chi connectivity index (χ0) is 13.0. The molecule has 6 nitrogen and oxygen atoms in total. The van der Waals surface area contributed by atoms with Gasteiger partial charge in [-0.05, 0) is 26.8 Å². The molecule has 0 aromatic carbocycles. The van der Waals surface area contributed by atoms with Crippen molar-refractivity contribution in [1.29, 1.82) is 0 Å². The van der Waals surface area contributed by atoms with E-state index in [1.165, 1.54) is 0 Å². The molecule has 0 aliphatic carbocycles. The maximum atomic E-state index is 11.2. The quantitative estimate of drug-likeness (QED) is 0.721. The molecular weight excluding hydrogens is 222 g/mol. The molecule has 4 N–H and O–H groups in total. The van der Waals surface area contributed by atoms with E-state index in [0.717, 1.165) is 17.1 Å². The average Bonchev–Trinajstić information content (AvgIpc) is 2.53. The van der Waals surface area contributed by atoms with Crippen LogP contribution in [-0.4, -0.2) is 18.5 Å². The van der Waals surface area contributed by atoms with Crippen LogP contribution in [0.5, 0.6) is 0 Å². The summed E-state index contributed by atoms with van der Waals surface area (Å²) in [4.78, 5) is 21.6. The molecule has 1 unspecified atom stereocenters. The van der Waals surface area contributed by atoms with Crippen LogP contribution in [0.15, 0.2) is 10.5 Å². The monoisotopic (exact) mass is 239 g/mol. The van der Waals surface area contributed by atoms with Crippen molar-refractivity contribution in [2.75, 3.05) is 6.54 Å². The molecule has 0 aliphatic rings. The number of primary amides is 1. The number of carbonyl (C=O) groups is 2. The number of imide groups is 1. The van der Waals surface area contributed by atoms with E-state index in [-0.39, 0.29) is 12.6 Å². The highest BCUT2D eigenvalue weighted by Gasteiger charge is 2.13. The van der Waals surface area contributed by atoms with Crippen molar-refractivity contribution in [3.05, 3.63) is 23.2 Å². The fraction of sp³-hybridized carbons (Fsp3) is 0.455. The Morgan fingerprint density at radius 1 is 1.47 bits per heavy atom. The number of aryl methyl sites for hydroxylation is 2. The van der Waals surface area contributed by atoms with Crippen LogP contribution in [-0.2, 0) is 4.79 Å². The lowest BCUT2D eigenvalue weighted by atomic mass is 10.1. The standard InChI is InChI=1S/C11H17N3O3/c1-6-4-9(8(3)17-6)7(2)13-5-10(15)14-11(12)16/h4,7,13H,5H2,1-3H3,(H3,12,14,15,16). The Morgan fingerprint density at radius 3 is 2.59 bits per heavy atom. The predicted molar refractivity (Wildman–Crippen MR) is 62.3 cm³/mol. The Labute approximate surface area is 99.5 Å². The highest BCUT2D eigenvalue weighted by atomic mass is 16.3. The molecule has 0 aliphatic heterocycles. The molecular formula is C11H17N3O3. The molecule has 1 aromatic heterocycles. The number of carbonyl (C=O) groups excluding carboxylic acids is 2. The Balaban J connectivity index is 2.50. The van der Waals surface area contributed by atoms with Crippen LogP contribution in [0.3, 0.4) is 0 Å². The maximum Gasteiger partial charge on any atom is 0.318 e. The van der Waals surface area contributed by atoms with Gasteiger partial charge in [-0.25, -0.2) is 4.79 Å². The molecule has 0 bridgehead atoms. The Bertz CT molecular complexity index is 426. The number of hydrogen-bond donors (Lipinski definition) is 3. The molecule has 1 atom stereocenters. The molecule has 1 rings (SSSR count). The van der Waals surface area contributed by atoms with Gasteiger partial charge in [-0.1, -0.05) is 0 Å². The van der Waals surface area contributed by atoms with Crippen molar-refractivity contribution >= 4 is 11.9 Å². The Morgan fingerprint density at radius 2 is 2.12 bits per heavy atom. The lowest BCUT2D eigenvalue weighted by molar-refractivity contribution is -0.119. The highest BCUT2D eigenvalue weighted by Crippen LogP contribution is 2.20. The lowest BCUT2D eigenvalue weighted by Crippen LogP contribution is -2.41. The van der Waals surface area contributed by atoms with Crippen molar-refractivity contribution in [1.82, 2.24) is 10.6 Å². The van der Waals surface area contributed by atoms with Gasteiger partial charge in [-0.15, -0.1) is 0 Å². The summed E-state index contributed by atoms with van der Waals surface area (Å²) in [5.41, 5.74) is 5.82. The first-order valence-corrected chi connectivity index (χ1v) is 5.29. The third-order valence-electron chi connectivity index (χ3n) is 2.38. The number of nitrogens with two attached hydrogens (primary N) is 1. The molecule has 1 aromatic rings. The van der Waals surface area contributed by atoms with E-state index in [2.05, 4.69) is 5.32 Å². The van der Waals surface area contributed by atoms with Gasteiger partial charge in [-0.2, -0.15) is 0 Å². The SMILES string of the molecule is Cc1cc(C(C)NCC(=O)NC(N)=O)c(C)o1. The number of rotatable bonds is 4. The number of urea groups is 1. The molecule has 0 radical (unpaired) electrons. The van der Waals surface area contributed by atoms with Crippen LogP contribution in [0.2, 0.25) is 0 Å². The van der Waals surface area contributed by atoms with Gasteiger partial charge < -0.3 is 15.5 Å². The zero-order valence-electron chi connectivity index (χ0n) is 10.2. The first-order valence-electron chi connectivity index (χ1n) is 5.29. The first-order chi connectivity index (χ1) is 7.90. The molecule has 0 fully saturated rings. The van der Waals surface area contributed by atoms with Gasteiger partial charge in [0.25, 0.3) is 0 Å². The second-order valence-electron chi connectivity index (χ2n) is 3.88. The first kappa shape index (κ1) is 13.2. The van der Waals surface area contributed by atoms with Crippen LogP contribution in [0, 0.1) is 13.8 Å². The third kappa shape index (κ3) is 3.92. The summed E-state index contributed by atoms with van der Waals surface area (Å²) in [7, 11) is 0. The highest BCUT2D eigenvalue weighted by molar-refractivity contribution is 5.94. The largest absolute Gasteiger partial charge is 0.466 e. The maximum absolute atomic E-state index is 11.2. The fourth-order valence-electron chi connectivity index (χ4n) is 1.62. The normalized spacial score (nSPS) is 12.2. The summed E-state index contributed by atoms with van der Waals surface area (Å²) < 4.78 is 5.39. The van der Waals surface area contributed by atoms with E-state index in [0.29, 0.717) is 0 Å². The van der Waals surface area contributed by atoms with Crippen LogP contribution in [0.4, 0.5) is 4.79 Å². The number of hydrogen-bond acceptors (Lipinski definition) is 4. The molecule has 94 valence electrons. The molecule has 0 spiro atoms. The van der Waals surface area contributed by atoms with E-state index < -0.39 is 11.9 Å². The molecule has 0 saturated heterocycles. The van der Waals surface area contributed by atoms with Crippen molar-refractivity contribution < 1.29 is 14.0 Å². The van der Waals surface area contributed by atoms with Crippen LogP contribution >= 0.6 is 0 Å². The van der Waals surface area contributed by atoms with Crippen molar-refractivity contribution in [3.63, 3.8) is 0 Å². The molecule has 1 heterocycles. The smallest absolute Gasteiger partial charge is 0.318 e. The van der Waals surface area contributed by atoms with E-state index in [1.54, 1.807) is 0 Å². The Hall–Kier alpha value is -1.82. The summed E-state index contributed by atoms with van der Waals surface area (Å²) in [6, 6.07) is 1.03. The fourth-order valence-corrected chi connectivity index (χ4v) is 1.62. The van der Waals surface area contributed by atoms with Gasteiger partial charge in [0.1, 0.15) is 11.5 Å². The van der Waals surface area contributed by atoms with E-state index in [9.17, 15) is 9.59 Å². The van der Waals surface area contributed by atoms with Gasteiger partial charge in [0.15, 0.2) is 0 Å². The van der Waals surface area contributed by atoms with Crippen molar-refractivity contribution in [2.45, 2.75) is 26.8 Å². The van der Waals surface area contributed by atoms with Gasteiger partial charge in [0.2, 0.25) is 5.91 Å². The summed E-state index contributed by atoms with van der Waals surface area (Å²) in [6.45, 7) is 5.66. The van der Waals surface area contributed by atoms with Crippen molar-refractivity contribution in [2.24, 2.45) is 5.73 Å². The van der Waals surface area contributed by atoms with Gasteiger partial charge >= 0.3 is 6.03 Å². The summed E-state index contributed by atoms with van der Waals surface area (Å²) in [5.74, 6) is 1.19. The van der Waals surface area contributed by atoms with E-state index in [4.69, 9.17) is 10.2 Å². The average molecular weight is 239 g/mol. The zero-order valence-corrected chi connectivity index (χ0v) is 10.2. The number of nitrogens with one attached hydrogen (secondary N) is 2. The molecule has 6 heteroatoms. The third-order valence-corrected chi connectivity index (χ3v) is 2.38. The van der Waals surface area contributed by atoms with E-state index in [1.807, 2.05) is 32.2 Å². The Kier molecular flexibility index (Phi) is 4.28. The lowest BCUT2D eigenvalue weighted by Gasteiger charge is -2.12. The number of furan rings is 1. The minimum absolute atomic E-state index is 0.0216. The van der Waals surface area contributed by atoms with Gasteiger partial charge in [0, 0.05) is 11.6 Å².